The Hall–Kier alpha value is -8.41. The summed E-state index contributed by atoms with van der Waals surface area (Å²) in [5.74, 6) is 4.60. The zero-order valence-electron chi connectivity index (χ0n) is 36.9. The summed E-state index contributed by atoms with van der Waals surface area (Å²) in [6.45, 7) is 2.23. The van der Waals surface area contributed by atoms with E-state index in [0.717, 1.165) is 81.0 Å². The summed E-state index contributed by atoms with van der Waals surface area (Å²) in [7, 11) is 0. The molecule has 0 N–H and O–H groups in total. The van der Waals surface area contributed by atoms with Crippen LogP contribution < -0.4 is 19.3 Å². The lowest BCUT2D eigenvalue weighted by molar-refractivity contribution is 0.362. The SMILES string of the molecule is Cc1cc(-c2ccc(N3c4ccccc4C4(c5ccccc5Oc5ccccc54)c4ccccc43)nc2)ccc1N1c2ccccc2C2(C3=C(CCC=C3)Oc3ccccc32)c2ccccc21. The number of pyridine rings is 1. The number of fused-ring (bicyclic) bond motifs is 15. The van der Waals surface area contributed by atoms with Crippen LogP contribution in [0, 0.1) is 6.92 Å². The van der Waals surface area contributed by atoms with E-state index in [2.05, 4.69) is 229 Å². The van der Waals surface area contributed by atoms with Crippen molar-refractivity contribution in [2.24, 2.45) is 0 Å². The van der Waals surface area contributed by atoms with Crippen molar-refractivity contribution in [3.63, 3.8) is 0 Å². The van der Waals surface area contributed by atoms with E-state index >= 15 is 0 Å². The first-order valence-electron chi connectivity index (χ1n) is 23.3. The van der Waals surface area contributed by atoms with Gasteiger partial charge in [-0.25, -0.2) is 4.98 Å². The van der Waals surface area contributed by atoms with Crippen LogP contribution in [0.15, 0.2) is 230 Å². The zero-order valence-corrected chi connectivity index (χ0v) is 36.9. The van der Waals surface area contributed by atoms with Crippen molar-refractivity contribution in [1.29, 1.82) is 0 Å². The second-order valence-corrected chi connectivity index (χ2v) is 18.1. The van der Waals surface area contributed by atoms with Crippen LogP contribution in [-0.2, 0) is 10.8 Å². The topological polar surface area (TPSA) is 37.8 Å². The largest absolute Gasteiger partial charge is 0.461 e. The Bertz CT molecular complexity index is 3440. The van der Waals surface area contributed by atoms with Gasteiger partial charge in [-0.1, -0.05) is 146 Å². The third kappa shape index (κ3) is 5.11. The van der Waals surface area contributed by atoms with Crippen LogP contribution in [0.25, 0.3) is 11.1 Å². The van der Waals surface area contributed by atoms with Gasteiger partial charge >= 0.3 is 0 Å². The minimum absolute atomic E-state index is 0.526. The first kappa shape index (κ1) is 37.9. The number of benzene rings is 8. The highest BCUT2D eigenvalue weighted by Gasteiger charge is 2.53. The molecule has 1 aromatic heterocycles. The quantitative estimate of drug-likeness (QED) is 0.177. The molecule has 67 heavy (non-hydrogen) atoms. The second kappa shape index (κ2) is 14.3. The van der Waals surface area contributed by atoms with Crippen molar-refractivity contribution in [2.75, 3.05) is 9.80 Å². The number of allylic oxidation sites excluding steroid dienone is 4. The third-order valence-electron chi connectivity index (χ3n) is 14.8. The van der Waals surface area contributed by atoms with E-state index in [1.54, 1.807) is 0 Å². The van der Waals surface area contributed by atoms with Gasteiger partial charge in [0.1, 0.15) is 28.8 Å². The predicted molar refractivity (Wildman–Crippen MR) is 268 cm³/mol. The summed E-state index contributed by atoms with van der Waals surface area (Å²) >= 11 is 0. The number of anilines is 6. The maximum Gasteiger partial charge on any atom is 0.137 e. The van der Waals surface area contributed by atoms with E-state index in [1.807, 2.05) is 6.20 Å². The number of rotatable bonds is 3. The summed E-state index contributed by atoms with van der Waals surface area (Å²) in [5.41, 5.74) is 17.5. The van der Waals surface area contributed by atoms with Crippen molar-refractivity contribution in [2.45, 2.75) is 30.6 Å². The highest BCUT2D eigenvalue weighted by Crippen LogP contribution is 2.64. The second-order valence-electron chi connectivity index (χ2n) is 18.1. The van der Waals surface area contributed by atoms with Gasteiger partial charge in [0.05, 0.1) is 33.6 Å². The zero-order chi connectivity index (χ0) is 44.3. The van der Waals surface area contributed by atoms with Gasteiger partial charge in [-0.3, -0.25) is 4.90 Å². The molecule has 0 saturated carbocycles. The molecule has 1 aliphatic carbocycles. The van der Waals surface area contributed by atoms with Gasteiger partial charge < -0.3 is 14.4 Å². The van der Waals surface area contributed by atoms with E-state index in [4.69, 9.17) is 14.5 Å². The van der Waals surface area contributed by atoms with Crippen LogP contribution in [0.3, 0.4) is 0 Å². The van der Waals surface area contributed by atoms with Gasteiger partial charge in [-0.05, 0) is 113 Å². The molecule has 4 aliphatic heterocycles. The number of aromatic nitrogens is 1. The summed E-state index contributed by atoms with van der Waals surface area (Å²) in [6, 6.07) is 72.3. The van der Waals surface area contributed by atoms with Gasteiger partial charge in [0.15, 0.2) is 0 Å². The van der Waals surface area contributed by atoms with Crippen LogP contribution in [-0.4, -0.2) is 4.98 Å². The standard InChI is InChI=1S/C62H43N3O2/c1-40-38-41(34-36-51(40)64-52-26-10-2-18-43(52)61(44-19-3-11-27-53(44)64)47-22-6-14-30-56(47)66-57-31-15-7-23-48(57)61)42-35-37-60(63-39-42)65-54-28-12-4-20-45(54)62(46-21-5-13-29-55(46)65)49-24-8-16-32-58(49)67-59-33-17-9-25-50(59)62/h2-14,16-30,32-39H,15,31H2,1H3. The Morgan fingerprint density at radius 2 is 0.896 bits per heavy atom. The predicted octanol–water partition coefficient (Wildman–Crippen LogP) is 15.4. The van der Waals surface area contributed by atoms with Crippen molar-refractivity contribution >= 4 is 34.3 Å². The van der Waals surface area contributed by atoms with Crippen LogP contribution >= 0.6 is 0 Å². The fourth-order valence-electron chi connectivity index (χ4n) is 12.2. The molecule has 14 rings (SSSR count). The van der Waals surface area contributed by atoms with Crippen molar-refractivity contribution in [3.05, 3.63) is 274 Å². The number of hydrogen-bond donors (Lipinski definition) is 0. The molecule has 5 heteroatoms. The van der Waals surface area contributed by atoms with Gasteiger partial charge in [-0.15, -0.1) is 0 Å². The molecule has 5 heterocycles. The number of hydrogen-bond acceptors (Lipinski definition) is 5. The van der Waals surface area contributed by atoms with Crippen molar-refractivity contribution < 1.29 is 9.47 Å². The minimum atomic E-state index is -0.591. The van der Waals surface area contributed by atoms with Gasteiger partial charge in [0.25, 0.3) is 0 Å². The Balaban J connectivity index is 0.866. The molecule has 0 saturated heterocycles. The van der Waals surface area contributed by atoms with Crippen LogP contribution in [0.5, 0.6) is 17.2 Å². The lowest BCUT2D eigenvalue weighted by Crippen LogP contribution is -2.41. The molecule has 5 aliphatic rings. The molecule has 5 nitrogen and oxygen atoms in total. The monoisotopic (exact) mass is 861 g/mol. The van der Waals surface area contributed by atoms with Crippen LogP contribution in [0.2, 0.25) is 0 Å². The smallest absolute Gasteiger partial charge is 0.137 e. The molecule has 0 amide bonds. The Morgan fingerprint density at radius 3 is 1.43 bits per heavy atom. The molecule has 9 aromatic rings. The number of aryl methyl sites for hydroxylation is 1. The molecular formula is C62H43N3O2. The van der Waals surface area contributed by atoms with E-state index in [-0.39, 0.29) is 0 Å². The fourth-order valence-corrected chi connectivity index (χ4v) is 12.2. The molecule has 0 unspecified atom stereocenters. The maximum absolute atomic E-state index is 6.70. The van der Waals surface area contributed by atoms with Crippen LogP contribution in [0.4, 0.5) is 34.3 Å². The van der Waals surface area contributed by atoms with E-state index in [1.165, 1.54) is 50.3 Å². The lowest BCUT2D eigenvalue weighted by Gasteiger charge is -2.49. The first-order valence-corrected chi connectivity index (χ1v) is 23.3. The molecule has 2 spiro atoms. The summed E-state index contributed by atoms with van der Waals surface area (Å²) < 4.78 is 13.3. The average molecular weight is 862 g/mol. The Morgan fingerprint density at radius 1 is 0.433 bits per heavy atom. The minimum Gasteiger partial charge on any atom is -0.461 e. The number of nitrogens with zero attached hydrogens (tertiary/aromatic N) is 3. The van der Waals surface area contributed by atoms with Crippen molar-refractivity contribution in [3.8, 4) is 28.4 Å². The van der Waals surface area contributed by atoms with Gasteiger partial charge in [0, 0.05) is 46.1 Å². The molecule has 0 radical (unpaired) electrons. The maximum atomic E-state index is 6.70. The highest BCUT2D eigenvalue weighted by molar-refractivity contribution is 5.93. The number of para-hydroxylation sites is 7. The van der Waals surface area contributed by atoms with Crippen molar-refractivity contribution in [1.82, 2.24) is 4.98 Å². The van der Waals surface area contributed by atoms with Crippen LogP contribution in [0.1, 0.15) is 57.3 Å². The Kier molecular flexibility index (Phi) is 8.09. The highest BCUT2D eigenvalue weighted by atomic mass is 16.5. The molecular weight excluding hydrogens is 819 g/mol. The average Bonchev–Trinajstić information content (AvgIpc) is 3.39. The lowest BCUT2D eigenvalue weighted by atomic mass is 9.60. The molecule has 0 bridgehead atoms. The summed E-state index contributed by atoms with van der Waals surface area (Å²) in [4.78, 5) is 10.1. The first-order chi connectivity index (χ1) is 33.2. The Labute approximate surface area is 390 Å². The molecule has 0 atom stereocenters. The summed E-state index contributed by atoms with van der Waals surface area (Å²) in [6.07, 6.45) is 8.51. The van der Waals surface area contributed by atoms with E-state index in [0.29, 0.717) is 0 Å². The molecule has 0 fully saturated rings. The third-order valence-corrected chi connectivity index (χ3v) is 14.8. The fraction of sp³-hybridized carbons (Fsp3) is 0.0806. The van der Waals surface area contributed by atoms with Gasteiger partial charge in [0.2, 0.25) is 0 Å². The van der Waals surface area contributed by atoms with E-state index < -0.39 is 10.8 Å². The molecule has 8 aromatic carbocycles. The van der Waals surface area contributed by atoms with Gasteiger partial charge in [-0.2, -0.15) is 0 Å². The summed E-state index contributed by atoms with van der Waals surface area (Å²) in [5, 5.41) is 0. The normalized spacial score (nSPS) is 16.0. The van der Waals surface area contributed by atoms with E-state index in [9.17, 15) is 0 Å². The molecule has 318 valence electrons. The number of ether oxygens (including phenoxy) is 2.